The maximum atomic E-state index is 5.49. The van der Waals surface area contributed by atoms with Gasteiger partial charge in [0, 0.05) is 49.4 Å². The van der Waals surface area contributed by atoms with E-state index in [1.54, 1.807) is 6.33 Å². The molecule has 2 aliphatic carbocycles. The maximum absolute atomic E-state index is 5.49. The molecule has 3 aliphatic rings. The van der Waals surface area contributed by atoms with Crippen LogP contribution >= 0.6 is 0 Å². The molecule has 3 fully saturated rings. The lowest BCUT2D eigenvalue weighted by Gasteiger charge is -2.39. The van der Waals surface area contributed by atoms with E-state index in [0.29, 0.717) is 18.0 Å². The number of aromatic nitrogens is 3. The van der Waals surface area contributed by atoms with E-state index in [-0.39, 0.29) is 0 Å². The van der Waals surface area contributed by atoms with Crippen molar-refractivity contribution in [3.05, 3.63) is 36.1 Å². The number of nitrogens with zero attached hydrogens (tertiary/aromatic N) is 5. The standard InChI is InChI=1S/C19H25N5O/c1-2-14(1)19-15(11-22-25-19)12-23-9-6-17(7-10-23)24(16-3-4-16)18-5-8-20-13-21-18/h5,8,11,13-14,16-17H,1-4,6-7,9-10,12H2. The molecule has 5 rings (SSSR count). The Bertz CT molecular complexity index is 702. The first-order valence-corrected chi connectivity index (χ1v) is 9.58. The van der Waals surface area contributed by atoms with Gasteiger partial charge in [0.05, 0.1) is 6.20 Å². The van der Waals surface area contributed by atoms with E-state index in [1.165, 1.54) is 44.1 Å². The molecule has 6 heteroatoms. The molecule has 0 spiro atoms. The summed E-state index contributed by atoms with van der Waals surface area (Å²) < 4.78 is 5.49. The van der Waals surface area contributed by atoms with Gasteiger partial charge >= 0.3 is 0 Å². The monoisotopic (exact) mass is 339 g/mol. The number of hydrogen-bond acceptors (Lipinski definition) is 6. The van der Waals surface area contributed by atoms with Crippen LogP contribution in [0.25, 0.3) is 0 Å². The molecule has 0 aromatic carbocycles. The van der Waals surface area contributed by atoms with E-state index in [0.717, 1.165) is 31.2 Å². The molecule has 1 aliphatic heterocycles. The van der Waals surface area contributed by atoms with Gasteiger partial charge in [-0.15, -0.1) is 0 Å². The minimum Gasteiger partial charge on any atom is -0.361 e. The smallest absolute Gasteiger partial charge is 0.144 e. The van der Waals surface area contributed by atoms with E-state index in [4.69, 9.17) is 4.52 Å². The second-order valence-corrected chi connectivity index (χ2v) is 7.70. The summed E-state index contributed by atoms with van der Waals surface area (Å²) in [5, 5.41) is 4.04. The Morgan fingerprint density at radius 3 is 2.56 bits per heavy atom. The molecule has 0 N–H and O–H groups in total. The third-order valence-electron chi connectivity index (χ3n) is 5.74. The van der Waals surface area contributed by atoms with Gasteiger partial charge in [-0.05, 0) is 44.6 Å². The Labute approximate surface area is 148 Å². The van der Waals surface area contributed by atoms with Crippen LogP contribution in [-0.2, 0) is 6.54 Å². The summed E-state index contributed by atoms with van der Waals surface area (Å²) in [6.45, 7) is 3.25. The van der Waals surface area contributed by atoms with Crippen molar-refractivity contribution >= 4 is 5.82 Å². The Balaban J connectivity index is 1.22. The molecule has 2 saturated carbocycles. The first-order chi connectivity index (χ1) is 12.4. The van der Waals surface area contributed by atoms with E-state index < -0.39 is 0 Å². The SMILES string of the molecule is c1cc(N(C2CC2)C2CCN(Cc3cnoc3C3CC3)CC2)ncn1. The number of rotatable bonds is 6. The number of anilines is 1. The van der Waals surface area contributed by atoms with Gasteiger partial charge in [0.15, 0.2) is 0 Å². The summed E-state index contributed by atoms with van der Waals surface area (Å²) in [4.78, 5) is 13.7. The summed E-state index contributed by atoms with van der Waals surface area (Å²) in [5.41, 5.74) is 1.30. The van der Waals surface area contributed by atoms with Crippen molar-refractivity contribution < 1.29 is 4.52 Å². The Hall–Kier alpha value is -1.95. The van der Waals surface area contributed by atoms with Crippen molar-refractivity contribution in [3.8, 4) is 0 Å². The van der Waals surface area contributed by atoms with Crippen LogP contribution in [0.1, 0.15) is 55.8 Å². The molecule has 2 aromatic heterocycles. The lowest BCUT2D eigenvalue weighted by atomic mass is 10.0. The van der Waals surface area contributed by atoms with Gasteiger partial charge in [-0.2, -0.15) is 0 Å². The second-order valence-electron chi connectivity index (χ2n) is 7.70. The van der Waals surface area contributed by atoms with Crippen molar-refractivity contribution in [2.24, 2.45) is 0 Å². The highest BCUT2D eigenvalue weighted by Gasteiger charge is 2.37. The van der Waals surface area contributed by atoms with E-state index in [2.05, 4.69) is 31.0 Å². The Morgan fingerprint density at radius 1 is 1.08 bits per heavy atom. The average Bonchev–Trinajstić information content (AvgIpc) is 3.58. The minimum atomic E-state index is 0.601. The molecule has 25 heavy (non-hydrogen) atoms. The molecule has 0 amide bonds. The van der Waals surface area contributed by atoms with Gasteiger partial charge in [0.2, 0.25) is 0 Å². The minimum absolute atomic E-state index is 0.601. The number of hydrogen-bond donors (Lipinski definition) is 0. The summed E-state index contributed by atoms with van der Waals surface area (Å²) >= 11 is 0. The molecule has 1 saturated heterocycles. The van der Waals surface area contributed by atoms with Crippen LogP contribution in [0.4, 0.5) is 5.82 Å². The van der Waals surface area contributed by atoms with Gasteiger partial charge in [-0.25, -0.2) is 9.97 Å². The lowest BCUT2D eigenvalue weighted by Crippen LogP contribution is -2.46. The summed E-state index contributed by atoms with van der Waals surface area (Å²) in [6.07, 6.45) is 13.0. The Kier molecular flexibility index (Phi) is 3.93. The molecule has 0 radical (unpaired) electrons. The molecule has 132 valence electrons. The van der Waals surface area contributed by atoms with Crippen LogP contribution in [0.15, 0.2) is 29.3 Å². The molecule has 3 heterocycles. The van der Waals surface area contributed by atoms with Crippen molar-refractivity contribution in [2.75, 3.05) is 18.0 Å². The van der Waals surface area contributed by atoms with Crippen molar-refractivity contribution in [2.45, 2.75) is 63.1 Å². The third-order valence-corrected chi connectivity index (χ3v) is 5.74. The largest absolute Gasteiger partial charge is 0.361 e. The fourth-order valence-electron chi connectivity index (χ4n) is 4.13. The first-order valence-electron chi connectivity index (χ1n) is 9.58. The van der Waals surface area contributed by atoms with Crippen LogP contribution in [-0.4, -0.2) is 45.2 Å². The molecule has 0 bridgehead atoms. The molecular weight excluding hydrogens is 314 g/mol. The highest BCUT2D eigenvalue weighted by Crippen LogP contribution is 2.42. The van der Waals surface area contributed by atoms with Crippen LogP contribution in [0.2, 0.25) is 0 Å². The number of likely N-dealkylation sites (tertiary alicyclic amines) is 1. The fourth-order valence-corrected chi connectivity index (χ4v) is 4.13. The molecular formula is C19H25N5O. The maximum Gasteiger partial charge on any atom is 0.144 e. The third kappa shape index (κ3) is 3.27. The Morgan fingerprint density at radius 2 is 1.88 bits per heavy atom. The topological polar surface area (TPSA) is 58.3 Å². The normalized spacial score (nSPS) is 22.2. The summed E-state index contributed by atoms with van der Waals surface area (Å²) in [5.74, 6) is 2.88. The van der Waals surface area contributed by atoms with Gasteiger partial charge in [-0.1, -0.05) is 5.16 Å². The lowest BCUT2D eigenvalue weighted by molar-refractivity contribution is 0.199. The van der Waals surface area contributed by atoms with Crippen LogP contribution in [0.5, 0.6) is 0 Å². The fraction of sp³-hybridized carbons (Fsp3) is 0.632. The van der Waals surface area contributed by atoms with Gasteiger partial charge in [0.1, 0.15) is 17.9 Å². The van der Waals surface area contributed by atoms with Crippen molar-refractivity contribution in [1.29, 1.82) is 0 Å². The van der Waals surface area contributed by atoms with Gasteiger partial charge in [0.25, 0.3) is 0 Å². The summed E-state index contributed by atoms with van der Waals surface area (Å²) in [7, 11) is 0. The zero-order chi connectivity index (χ0) is 16.6. The number of piperidine rings is 1. The highest BCUT2D eigenvalue weighted by atomic mass is 16.5. The zero-order valence-electron chi connectivity index (χ0n) is 14.5. The van der Waals surface area contributed by atoms with Gasteiger partial charge in [-0.3, -0.25) is 4.90 Å². The predicted octanol–water partition coefficient (Wildman–Crippen LogP) is 2.98. The highest BCUT2D eigenvalue weighted by molar-refractivity contribution is 5.41. The van der Waals surface area contributed by atoms with E-state index in [9.17, 15) is 0 Å². The first kappa shape index (κ1) is 15.3. The van der Waals surface area contributed by atoms with E-state index in [1.807, 2.05) is 12.4 Å². The summed E-state index contributed by atoms with van der Waals surface area (Å²) in [6, 6.07) is 3.35. The zero-order valence-corrected chi connectivity index (χ0v) is 14.5. The van der Waals surface area contributed by atoms with Crippen LogP contribution < -0.4 is 4.90 Å². The predicted molar refractivity (Wildman–Crippen MR) is 94.3 cm³/mol. The second kappa shape index (κ2) is 6.41. The van der Waals surface area contributed by atoms with Crippen LogP contribution in [0.3, 0.4) is 0 Å². The molecule has 2 aromatic rings. The van der Waals surface area contributed by atoms with Gasteiger partial charge < -0.3 is 9.42 Å². The molecule has 0 unspecified atom stereocenters. The van der Waals surface area contributed by atoms with Crippen molar-refractivity contribution in [1.82, 2.24) is 20.0 Å². The van der Waals surface area contributed by atoms with E-state index >= 15 is 0 Å². The quantitative estimate of drug-likeness (QED) is 0.806. The molecule has 0 atom stereocenters. The van der Waals surface area contributed by atoms with Crippen LogP contribution in [0, 0.1) is 0 Å². The average molecular weight is 339 g/mol. The van der Waals surface area contributed by atoms with Crippen molar-refractivity contribution in [3.63, 3.8) is 0 Å². The molecule has 6 nitrogen and oxygen atoms in total.